The van der Waals surface area contributed by atoms with Crippen LogP contribution >= 0.6 is 0 Å². The first kappa shape index (κ1) is 32.0. The highest BCUT2D eigenvalue weighted by molar-refractivity contribution is 6.11. The number of rotatable bonds is 6. The number of hydrogen-bond acceptors (Lipinski definition) is 0. The molecule has 2 heterocycles. The van der Waals surface area contributed by atoms with Crippen molar-refractivity contribution < 1.29 is 0 Å². The minimum atomic E-state index is 1.14. The van der Waals surface area contributed by atoms with Gasteiger partial charge in [0.2, 0.25) is 0 Å². The van der Waals surface area contributed by atoms with E-state index in [9.17, 15) is 0 Å². The van der Waals surface area contributed by atoms with E-state index in [0.29, 0.717) is 0 Å². The highest BCUT2D eigenvalue weighted by Gasteiger charge is 2.23. The predicted molar refractivity (Wildman–Crippen MR) is 237 cm³/mol. The van der Waals surface area contributed by atoms with Crippen molar-refractivity contribution in [1.29, 1.82) is 0 Å². The molecule has 9 aromatic carbocycles. The molecule has 2 heteroatoms. The van der Waals surface area contributed by atoms with Crippen LogP contribution in [0.25, 0.3) is 99.5 Å². The van der Waals surface area contributed by atoms with Gasteiger partial charge in [-0.05, 0) is 80.2 Å². The molecular weight excluding hydrogens is 677 g/mol. The average molecular weight is 713 g/mol. The number of fused-ring (bicyclic) bond motifs is 5. The summed E-state index contributed by atoms with van der Waals surface area (Å²) in [5.41, 5.74) is 14.4. The van der Waals surface area contributed by atoms with Gasteiger partial charge in [0, 0.05) is 33.3 Å². The second-order valence-electron chi connectivity index (χ2n) is 14.5. The molecule has 56 heavy (non-hydrogen) atoms. The van der Waals surface area contributed by atoms with E-state index in [1.54, 1.807) is 0 Å². The monoisotopic (exact) mass is 712 g/mol. The standard InChI is InChI=1S/C54H36N2/c1-5-17-37(18-6-1)51-47-25-13-15-27-49(47)55(53(51)39-21-9-3-10-22-39)43-31-33-45-41(35-43)29-30-42-36-44(32-34-46(42)45)56-50-28-16-14-26-48(50)52(38-19-7-2-8-20-38)54(56)40-23-11-4-12-24-40/h1-36H. The van der Waals surface area contributed by atoms with Crippen LogP contribution < -0.4 is 0 Å². The summed E-state index contributed by atoms with van der Waals surface area (Å²) < 4.78 is 4.90. The summed E-state index contributed by atoms with van der Waals surface area (Å²) in [5.74, 6) is 0. The second-order valence-corrected chi connectivity index (χ2v) is 14.5. The van der Waals surface area contributed by atoms with Crippen molar-refractivity contribution >= 4 is 43.4 Å². The van der Waals surface area contributed by atoms with E-state index in [0.717, 1.165) is 11.4 Å². The maximum atomic E-state index is 2.45. The van der Waals surface area contributed by atoms with Crippen LogP contribution in [0.1, 0.15) is 0 Å². The number of hydrogen-bond donors (Lipinski definition) is 0. The lowest BCUT2D eigenvalue weighted by Gasteiger charge is -2.16. The van der Waals surface area contributed by atoms with Crippen molar-refractivity contribution in [2.75, 3.05) is 0 Å². The zero-order valence-corrected chi connectivity index (χ0v) is 30.7. The first-order valence-corrected chi connectivity index (χ1v) is 19.3. The average Bonchev–Trinajstić information content (AvgIpc) is 3.81. The largest absolute Gasteiger partial charge is 0.309 e. The fourth-order valence-electron chi connectivity index (χ4n) is 8.87. The van der Waals surface area contributed by atoms with E-state index in [1.807, 2.05) is 0 Å². The maximum absolute atomic E-state index is 2.45. The summed E-state index contributed by atoms with van der Waals surface area (Å²) in [6.45, 7) is 0. The second kappa shape index (κ2) is 13.2. The zero-order valence-electron chi connectivity index (χ0n) is 30.7. The molecule has 0 aliphatic rings. The lowest BCUT2D eigenvalue weighted by molar-refractivity contribution is 1.14. The van der Waals surface area contributed by atoms with Crippen LogP contribution in [0, 0.1) is 0 Å². The van der Waals surface area contributed by atoms with Gasteiger partial charge in [-0.1, -0.05) is 182 Å². The van der Waals surface area contributed by atoms with Crippen molar-refractivity contribution in [2.24, 2.45) is 0 Å². The molecule has 0 bridgehead atoms. The lowest BCUT2D eigenvalue weighted by atomic mass is 9.98. The Morgan fingerprint density at radius 2 is 0.589 bits per heavy atom. The molecule has 262 valence electrons. The van der Waals surface area contributed by atoms with Gasteiger partial charge in [-0.25, -0.2) is 0 Å². The van der Waals surface area contributed by atoms with Crippen LogP contribution in [0.2, 0.25) is 0 Å². The van der Waals surface area contributed by atoms with E-state index in [4.69, 9.17) is 0 Å². The predicted octanol–water partition coefficient (Wildman–Crippen LogP) is 14.5. The fraction of sp³-hybridized carbons (Fsp3) is 0. The molecule has 11 aromatic rings. The van der Waals surface area contributed by atoms with E-state index in [2.05, 4.69) is 228 Å². The summed E-state index contributed by atoms with van der Waals surface area (Å²) in [5, 5.41) is 7.39. The Labute approximate surface area is 325 Å². The first-order valence-electron chi connectivity index (χ1n) is 19.3. The van der Waals surface area contributed by atoms with Crippen LogP contribution in [0.3, 0.4) is 0 Å². The van der Waals surface area contributed by atoms with E-state index < -0.39 is 0 Å². The summed E-state index contributed by atoms with van der Waals surface area (Å²) in [7, 11) is 0. The number of nitrogens with zero attached hydrogens (tertiary/aromatic N) is 2. The summed E-state index contributed by atoms with van der Waals surface area (Å²) in [6, 6.07) is 79.3. The number of aromatic nitrogens is 2. The molecule has 2 aromatic heterocycles. The van der Waals surface area contributed by atoms with E-state index in [-0.39, 0.29) is 0 Å². The van der Waals surface area contributed by atoms with Crippen molar-refractivity contribution in [3.8, 4) is 56.1 Å². The topological polar surface area (TPSA) is 9.86 Å². The van der Waals surface area contributed by atoms with Crippen LogP contribution in [-0.4, -0.2) is 9.13 Å². The molecule has 0 aliphatic heterocycles. The Hall–Kier alpha value is -7.42. The van der Waals surface area contributed by atoms with Gasteiger partial charge in [0.25, 0.3) is 0 Å². The third-order valence-corrected chi connectivity index (χ3v) is 11.3. The van der Waals surface area contributed by atoms with Gasteiger partial charge < -0.3 is 9.13 Å². The van der Waals surface area contributed by atoms with Crippen molar-refractivity contribution in [1.82, 2.24) is 9.13 Å². The van der Waals surface area contributed by atoms with E-state index in [1.165, 1.54) is 88.1 Å². The number of benzene rings is 9. The first-order chi connectivity index (χ1) is 27.8. The van der Waals surface area contributed by atoms with Gasteiger partial charge in [-0.15, -0.1) is 0 Å². The van der Waals surface area contributed by atoms with Gasteiger partial charge in [-0.3, -0.25) is 0 Å². The maximum Gasteiger partial charge on any atom is 0.0619 e. The van der Waals surface area contributed by atoms with Gasteiger partial charge in [-0.2, -0.15) is 0 Å². The Kier molecular flexibility index (Phi) is 7.53. The molecule has 0 amide bonds. The van der Waals surface area contributed by atoms with E-state index >= 15 is 0 Å². The molecule has 0 N–H and O–H groups in total. The highest BCUT2D eigenvalue weighted by atomic mass is 15.0. The van der Waals surface area contributed by atoms with Gasteiger partial charge in [0.05, 0.1) is 22.4 Å². The zero-order chi connectivity index (χ0) is 37.0. The van der Waals surface area contributed by atoms with Gasteiger partial charge in [0.15, 0.2) is 0 Å². The van der Waals surface area contributed by atoms with Crippen molar-refractivity contribution in [3.05, 3.63) is 218 Å². The minimum absolute atomic E-state index is 1.14. The Bertz CT molecular complexity index is 2990. The Morgan fingerprint density at radius 1 is 0.250 bits per heavy atom. The van der Waals surface area contributed by atoms with Crippen molar-refractivity contribution in [3.63, 3.8) is 0 Å². The molecule has 0 unspecified atom stereocenters. The quantitative estimate of drug-likeness (QED) is 0.152. The third-order valence-electron chi connectivity index (χ3n) is 11.3. The van der Waals surface area contributed by atoms with Crippen LogP contribution in [0.15, 0.2) is 218 Å². The van der Waals surface area contributed by atoms with Gasteiger partial charge >= 0.3 is 0 Å². The molecule has 0 atom stereocenters. The number of para-hydroxylation sites is 2. The molecule has 0 aliphatic carbocycles. The fourth-order valence-corrected chi connectivity index (χ4v) is 8.87. The normalized spacial score (nSPS) is 11.6. The summed E-state index contributed by atoms with van der Waals surface area (Å²) >= 11 is 0. The Balaban J connectivity index is 1.11. The van der Waals surface area contributed by atoms with Gasteiger partial charge in [0.1, 0.15) is 0 Å². The molecule has 0 spiro atoms. The third kappa shape index (κ3) is 5.11. The molecular formula is C54H36N2. The van der Waals surface area contributed by atoms with Crippen molar-refractivity contribution in [2.45, 2.75) is 0 Å². The molecule has 2 nitrogen and oxygen atoms in total. The summed E-state index contributed by atoms with van der Waals surface area (Å²) in [4.78, 5) is 0. The molecule has 0 radical (unpaired) electrons. The molecule has 11 rings (SSSR count). The summed E-state index contributed by atoms with van der Waals surface area (Å²) in [6.07, 6.45) is 0. The molecule has 0 fully saturated rings. The molecule has 0 saturated carbocycles. The lowest BCUT2D eigenvalue weighted by Crippen LogP contribution is -1.98. The SMILES string of the molecule is c1ccc(-c2c(-c3ccccc3)n(-c3ccc4c(ccc5cc(-n6c(-c7ccccc7)c(-c7ccccc7)c7ccccc76)ccc54)c3)c3ccccc23)cc1. The van der Waals surface area contributed by atoms with Crippen LogP contribution in [0.4, 0.5) is 0 Å². The minimum Gasteiger partial charge on any atom is -0.309 e. The smallest absolute Gasteiger partial charge is 0.0619 e. The highest BCUT2D eigenvalue weighted by Crippen LogP contribution is 2.45. The van der Waals surface area contributed by atoms with Crippen LogP contribution in [0.5, 0.6) is 0 Å². The Morgan fingerprint density at radius 3 is 0.982 bits per heavy atom. The van der Waals surface area contributed by atoms with Crippen LogP contribution in [-0.2, 0) is 0 Å². The molecule has 0 saturated heterocycles.